The van der Waals surface area contributed by atoms with Gasteiger partial charge in [-0.2, -0.15) is 0 Å². The van der Waals surface area contributed by atoms with Gasteiger partial charge in [-0.25, -0.2) is 8.78 Å². The number of benzene rings is 1. The Morgan fingerprint density at radius 2 is 1.95 bits per heavy atom. The lowest BCUT2D eigenvalue weighted by molar-refractivity contribution is -0.121. The molecule has 0 radical (unpaired) electrons. The second-order valence-corrected chi connectivity index (χ2v) is 4.88. The SMILES string of the molecule is O=C1CCN(C[C@H](O)COc2ccc(F)c(F)c2)CC1. The van der Waals surface area contributed by atoms with Crippen LogP contribution in [0.15, 0.2) is 18.2 Å². The van der Waals surface area contributed by atoms with Crippen LogP contribution < -0.4 is 4.74 Å². The molecule has 0 saturated carbocycles. The molecule has 4 nitrogen and oxygen atoms in total. The van der Waals surface area contributed by atoms with Crippen LogP contribution >= 0.6 is 0 Å². The molecule has 1 heterocycles. The molecule has 110 valence electrons. The number of rotatable bonds is 5. The Labute approximate surface area is 116 Å². The number of carbonyl (C=O) groups is 1. The first-order valence-corrected chi connectivity index (χ1v) is 6.54. The fourth-order valence-electron chi connectivity index (χ4n) is 2.09. The molecule has 1 fully saturated rings. The van der Waals surface area contributed by atoms with Crippen LogP contribution in [0.3, 0.4) is 0 Å². The number of hydrogen-bond donors (Lipinski definition) is 1. The van der Waals surface area contributed by atoms with Gasteiger partial charge in [0.05, 0.1) is 0 Å². The molecule has 1 aliphatic rings. The first-order chi connectivity index (χ1) is 9.54. The summed E-state index contributed by atoms with van der Waals surface area (Å²) in [6.45, 7) is 1.68. The van der Waals surface area contributed by atoms with Gasteiger partial charge < -0.3 is 9.84 Å². The summed E-state index contributed by atoms with van der Waals surface area (Å²) in [5.74, 6) is -1.49. The molecule has 6 heteroatoms. The van der Waals surface area contributed by atoms with E-state index >= 15 is 0 Å². The zero-order valence-electron chi connectivity index (χ0n) is 11.0. The lowest BCUT2D eigenvalue weighted by Crippen LogP contribution is -2.40. The maximum Gasteiger partial charge on any atom is 0.162 e. The average Bonchev–Trinajstić information content (AvgIpc) is 2.43. The van der Waals surface area contributed by atoms with Gasteiger partial charge in [-0.3, -0.25) is 9.69 Å². The van der Waals surface area contributed by atoms with Crippen molar-refractivity contribution in [3.8, 4) is 5.75 Å². The van der Waals surface area contributed by atoms with Crippen molar-refractivity contribution in [3.63, 3.8) is 0 Å². The molecule has 0 bridgehead atoms. The van der Waals surface area contributed by atoms with Gasteiger partial charge >= 0.3 is 0 Å². The molecule has 2 rings (SSSR count). The Kier molecular flexibility index (Phi) is 5.03. The van der Waals surface area contributed by atoms with Gasteiger partial charge in [-0.1, -0.05) is 0 Å². The molecular formula is C14H17F2NO3. The van der Waals surface area contributed by atoms with Crippen molar-refractivity contribution in [1.29, 1.82) is 0 Å². The van der Waals surface area contributed by atoms with E-state index in [1.54, 1.807) is 0 Å². The van der Waals surface area contributed by atoms with Crippen molar-refractivity contribution < 1.29 is 23.4 Å². The Bertz CT molecular complexity index is 471. The number of β-amino-alcohol motifs (C(OH)–C–C–N with tert-alkyl or cyclic N) is 1. The molecule has 0 spiro atoms. The number of Topliss-reactive ketones (excluding diaryl/α,β-unsaturated/α-hetero) is 1. The van der Waals surface area contributed by atoms with E-state index in [4.69, 9.17) is 4.74 Å². The summed E-state index contributed by atoms with van der Waals surface area (Å²) >= 11 is 0. The molecule has 0 unspecified atom stereocenters. The Hall–Kier alpha value is -1.53. The van der Waals surface area contributed by atoms with E-state index in [9.17, 15) is 18.7 Å². The van der Waals surface area contributed by atoms with Crippen molar-refractivity contribution in [3.05, 3.63) is 29.8 Å². The van der Waals surface area contributed by atoms with E-state index in [2.05, 4.69) is 0 Å². The number of halogens is 2. The normalized spacial score (nSPS) is 18.1. The second-order valence-electron chi connectivity index (χ2n) is 4.88. The number of hydrogen-bond acceptors (Lipinski definition) is 4. The Balaban J connectivity index is 1.75. The molecule has 1 aromatic rings. The highest BCUT2D eigenvalue weighted by Gasteiger charge is 2.19. The van der Waals surface area contributed by atoms with Gasteiger partial charge in [0.25, 0.3) is 0 Å². The highest BCUT2D eigenvalue weighted by atomic mass is 19.2. The maximum atomic E-state index is 13.0. The largest absolute Gasteiger partial charge is 0.491 e. The van der Waals surface area contributed by atoms with Gasteiger partial charge in [-0.15, -0.1) is 0 Å². The first kappa shape index (κ1) is 14.9. The van der Waals surface area contributed by atoms with Crippen LogP contribution in [0, 0.1) is 11.6 Å². The van der Waals surface area contributed by atoms with E-state index in [0.29, 0.717) is 32.5 Å². The number of likely N-dealkylation sites (tertiary alicyclic amines) is 1. The number of carbonyl (C=O) groups excluding carboxylic acids is 1. The van der Waals surface area contributed by atoms with Gasteiger partial charge in [0.15, 0.2) is 11.6 Å². The van der Waals surface area contributed by atoms with Crippen LogP contribution in [0.2, 0.25) is 0 Å². The molecule has 1 N–H and O–H groups in total. The van der Waals surface area contributed by atoms with Crippen molar-refractivity contribution in [2.45, 2.75) is 18.9 Å². The molecule has 1 saturated heterocycles. The molecule has 0 aliphatic carbocycles. The molecular weight excluding hydrogens is 268 g/mol. The molecule has 20 heavy (non-hydrogen) atoms. The van der Waals surface area contributed by atoms with Crippen LogP contribution in [-0.4, -0.2) is 48.1 Å². The second kappa shape index (κ2) is 6.76. The van der Waals surface area contributed by atoms with E-state index in [-0.39, 0.29) is 18.1 Å². The maximum absolute atomic E-state index is 13.0. The summed E-state index contributed by atoms with van der Waals surface area (Å²) in [5.41, 5.74) is 0. The van der Waals surface area contributed by atoms with Crippen LogP contribution in [0.25, 0.3) is 0 Å². The molecule has 0 amide bonds. The van der Waals surface area contributed by atoms with E-state index in [1.807, 2.05) is 4.90 Å². The van der Waals surface area contributed by atoms with Crippen LogP contribution in [0.5, 0.6) is 5.75 Å². The Morgan fingerprint density at radius 3 is 2.60 bits per heavy atom. The van der Waals surface area contributed by atoms with E-state index in [0.717, 1.165) is 12.1 Å². The van der Waals surface area contributed by atoms with Crippen molar-refractivity contribution in [2.24, 2.45) is 0 Å². The van der Waals surface area contributed by atoms with Crippen molar-refractivity contribution in [2.75, 3.05) is 26.2 Å². The molecule has 1 aliphatic heterocycles. The lowest BCUT2D eigenvalue weighted by atomic mass is 10.1. The summed E-state index contributed by atoms with van der Waals surface area (Å²) < 4.78 is 30.9. The fraction of sp³-hybridized carbons (Fsp3) is 0.500. The summed E-state index contributed by atoms with van der Waals surface area (Å²) in [6, 6.07) is 3.24. The fourth-order valence-corrected chi connectivity index (χ4v) is 2.09. The number of ketones is 1. The molecule has 0 aromatic heterocycles. The zero-order chi connectivity index (χ0) is 14.5. The highest BCUT2D eigenvalue weighted by Crippen LogP contribution is 2.15. The van der Waals surface area contributed by atoms with Crippen LogP contribution in [0.4, 0.5) is 8.78 Å². The van der Waals surface area contributed by atoms with E-state index in [1.165, 1.54) is 6.07 Å². The predicted molar refractivity (Wildman–Crippen MR) is 68.5 cm³/mol. The minimum Gasteiger partial charge on any atom is -0.491 e. The van der Waals surface area contributed by atoms with Gasteiger partial charge in [-0.05, 0) is 12.1 Å². The van der Waals surface area contributed by atoms with Crippen molar-refractivity contribution in [1.82, 2.24) is 4.90 Å². The topological polar surface area (TPSA) is 49.8 Å². The predicted octanol–water partition coefficient (Wildman–Crippen LogP) is 1.37. The number of aliphatic hydroxyl groups is 1. The number of ether oxygens (including phenoxy) is 1. The molecule has 1 aromatic carbocycles. The number of aliphatic hydroxyl groups excluding tert-OH is 1. The monoisotopic (exact) mass is 285 g/mol. The van der Waals surface area contributed by atoms with Crippen molar-refractivity contribution >= 4 is 5.78 Å². The summed E-state index contributed by atoms with van der Waals surface area (Å²) in [4.78, 5) is 13.1. The number of nitrogens with zero attached hydrogens (tertiary/aromatic N) is 1. The van der Waals surface area contributed by atoms with Gasteiger partial charge in [0, 0.05) is 38.5 Å². The smallest absolute Gasteiger partial charge is 0.162 e. The first-order valence-electron chi connectivity index (χ1n) is 6.54. The van der Waals surface area contributed by atoms with E-state index < -0.39 is 17.7 Å². The summed E-state index contributed by atoms with van der Waals surface area (Å²) in [5, 5.41) is 9.83. The third kappa shape index (κ3) is 4.25. The van der Waals surface area contributed by atoms with Crippen LogP contribution in [0.1, 0.15) is 12.8 Å². The van der Waals surface area contributed by atoms with Gasteiger partial charge in [0.1, 0.15) is 24.2 Å². The van der Waals surface area contributed by atoms with Crippen LogP contribution in [-0.2, 0) is 4.79 Å². The molecule has 1 atom stereocenters. The summed E-state index contributed by atoms with van der Waals surface area (Å²) in [6.07, 6.45) is 0.282. The zero-order valence-corrected chi connectivity index (χ0v) is 11.0. The summed E-state index contributed by atoms with van der Waals surface area (Å²) in [7, 11) is 0. The number of piperidine rings is 1. The minimum absolute atomic E-state index is 0.00445. The third-order valence-electron chi connectivity index (χ3n) is 3.22. The third-order valence-corrected chi connectivity index (χ3v) is 3.22. The standard InChI is InChI=1S/C14H17F2NO3/c15-13-2-1-12(7-14(13)16)20-9-11(19)8-17-5-3-10(18)4-6-17/h1-2,7,11,19H,3-6,8-9H2/t11-/m0/s1. The van der Waals surface area contributed by atoms with Gasteiger partial charge in [0.2, 0.25) is 0 Å². The average molecular weight is 285 g/mol. The Morgan fingerprint density at radius 1 is 1.25 bits per heavy atom. The quantitative estimate of drug-likeness (QED) is 0.887. The lowest BCUT2D eigenvalue weighted by Gasteiger charge is -2.27. The highest BCUT2D eigenvalue weighted by molar-refractivity contribution is 5.79. The minimum atomic E-state index is -0.980.